The number of ether oxygens (including phenoxy) is 1. The average molecular weight is 381 g/mol. The molecular formula is C19H23ClNO3S+. The second kappa shape index (κ2) is 6.72. The Hall–Kier alpha value is -1.40. The minimum Gasteiger partial charge on any atom is -0.415 e. The van der Waals surface area contributed by atoms with Crippen molar-refractivity contribution in [2.24, 2.45) is 5.41 Å². The predicted octanol–water partition coefficient (Wildman–Crippen LogP) is 4.82. The monoisotopic (exact) mass is 380 g/mol. The van der Waals surface area contributed by atoms with Crippen molar-refractivity contribution in [3.63, 3.8) is 0 Å². The summed E-state index contributed by atoms with van der Waals surface area (Å²) in [4.78, 5) is 13.2. The molecule has 0 fully saturated rings. The molecule has 134 valence electrons. The molecule has 3 rings (SSSR count). The van der Waals surface area contributed by atoms with Crippen LogP contribution in [0.1, 0.15) is 36.8 Å². The first-order valence-corrected chi connectivity index (χ1v) is 9.52. The summed E-state index contributed by atoms with van der Waals surface area (Å²) in [6.45, 7) is 7.08. The lowest BCUT2D eigenvalue weighted by Gasteiger charge is -2.33. The number of hydrogen-bond acceptors (Lipinski definition) is 4. The molecule has 4 nitrogen and oxygen atoms in total. The van der Waals surface area contributed by atoms with Crippen molar-refractivity contribution in [1.82, 2.24) is 0 Å². The van der Waals surface area contributed by atoms with Gasteiger partial charge in [0.2, 0.25) is 0 Å². The highest BCUT2D eigenvalue weighted by atomic mass is 35.5. The summed E-state index contributed by atoms with van der Waals surface area (Å²) in [5.74, 6) is -0.244. The van der Waals surface area contributed by atoms with Gasteiger partial charge in [0.15, 0.2) is 5.06 Å². The Bertz CT molecular complexity index is 796. The van der Waals surface area contributed by atoms with E-state index in [-0.39, 0.29) is 10.6 Å². The zero-order valence-corrected chi connectivity index (χ0v) is 16.3. The number of nitrogens with zero attached hydrogens (tertiary/aromatic N) is 1. The number of esters is 1. The first-order valence-electron chi connectivity index (χ1n) is 8.32. The molecule has 0 bridgehead atoms. The predicted molar refractivity (Wildman–Crippen MR) is 98.9 cm³/mol. The van der Waals surface area contributed by atoms with Gasteiger partial charge in [-0.25, -0.2) is 5.21 Å². The third kappa shape index (κ3) is 4.23. The third-order valence-electron chi connectivity index (χ3n) is 4.32. The largest absolute Gasteiger partial charge is 0.415 e. The van der Waals surface area contributed by atoms with Gasteiger partial charge in [0, 0.05) is 33.5 Å². The van der Waals surface area contributed by atoms with Crippen LogP contribution in [0.3, 0.4) is 0 Å². The number of benzene rings is 1. The van der Waals surface area contributed by atoms with Gasteiger partial charge in [0.1, 0.15) is 19.6 Å². The number of thiophene rings is 1. The Morgan fingerprint density at radius 3 is 2.76 bits per heavy atom. The lowest BCUT2D eigenvalue weighted by Crippen LogP contribution is -2.47. The minimum atomic E-state index is -0.536. The zero-order valence-electron chi connectivity index (χ0n) is 14.7. The van der Waals surface area contributed by atoms with Crippen molar-refractivity contribution in [3.05, 3.63) is 51.4 Å². The molecule has 1 aliphatic heterocycles. The van der Waals surface area contributed by atoms with Crippen LogP contribution in [0.5, 0.6) is 5.06 Å². The van der Waals surface area contributed by atoms with Gasteiger partial charge in [-0.1, -0.05) is 29.8 Å². The first-order chi connectivity index (χ1) is 11.7. The fourth-order valence-electron chi connectivity index (χ4n) is 2.86. The summed E-state index contributed by atoms with van der Waals surface area (Å²) in [6.07, 6.45) is 0.758. The van der Waals surface area contributed by atoms with Gasteiger partial charge in [0.05, 0.1) is 5.41 Å². The van der Waals surface area contributed by atoms with Gasteiger partial charge in [-0.2, -0.15) is 4.65 Å². The Morgan fingerprint density at radius 1 is 1.36 bits per heavy atom. The lowest BCUT2D eigenvalue weighted by atomic mass is 9.97. The Morgan fingerprint density at radius 2 is 2.08 bits per heavy atom. The maximum absolute atomic E-state index is 12.1. The molecule has 0 amide bonds. The van der Waals surface area contributed by atoms with Crippen LogP contribution in [-0.4, -0.2) is 22.4 Å². The van der Waals surface area contributed by atoms with Gasteiger partial charge in [0.25, 0.3) is 0 Å². The van der Waals surface area contributed by atoms with Crippen LogP contribution in [0.2, 0.25) is 5.02 Å². The van der Waals surface area contributed by atoms with E-state index in [0.29, 0.717) is 29.7 Å². The molecule has 6 heteroatoms. The van der Waals surface area contributed by atoms with Crippen LogP contribution in [0.4, 0.5) is 0 Å². The van der Waals surface area contributed by atoms with E-state index in [1.54, 1.807) is 0 Å². The molecule has 0 radical (unpaired) electrons. The second-order valence-corrected chi connectivity index (χ2v) is 9.14. The van der Waals surface area contributed by atoms with Gasteiger partial charge in [-0.05, 0) is 26.8 Å². The van der Waals surface area contributed by atoms with Crippen LogP contribution >= 0.6 is 22.9 Å². The van der Waals surface area contributed by atoms with Crippen LogP contribution in [-0.2, 0) is 24.3 Å². The summed E-state index contributed by atoms with van der Waals surface area (Å²) in [5, 5.41) is 12.3. The highest BCUT2D eigenvalue weighted by Crippen LogP contribution is 2.37. The van der Waals surface area contributed by atoms with Crippen molar-refractivity contribution in [2.75, 3.05) is 6.54 Å². The van der Waals surface area contributed by atoms with Gasteiger partial charge in [-0.3, -0.25) is 4.79 Å². The SMILES string of the molecule is CC(C)(C)C(=O)Oc1cc2c(s1)CC[N+](O)(Cc1ccccc1Cl)C2. The van der Waals surface area contributed by atoms with Crippen molar-refractivity contribution in [1.29, 1.82) is 0 Å². The molecule has 1 N–H and O–H groups in total. The maximum Gasteiger partial charge on any atom is 0.317 e. The van der Waals surface area contributed by atoms with Gasteiger partial charge in [-0.15, -0.1) is 11.3 Å². The number of hydroxylamine groups is 3. The van der Waals surface area contributed by atoms with Crippen molar-refractivity contribution in [3.8, 4) is 5.06 Å². The third-order valence-corrected chi connectivity index (χ3v) is 5.81. The number of halogens is 1. The van der Waals surface area contributed by atoms with E-state index < -0.39 is 5.41 Å². The molecule has 2 aromatic rings. The summed E-state index contributed by atoms with van der Waals surface area (Å²) in [5.41, 5.74) is 1.44. The van der Waals surface area contributed by atoms with E-state index in [9.17, 15) is 10.0 Å². The number of carbonyl (C=O) groups excluding carboxylic acids is 1. The summed E-state index contributed by atoms with van der Waals surface area (Å²) in [7, 11) is 0. The van der Waals surface area contributed by atoms with Gasteiger partial charge >= 0.3 is 5.97 Å². The molecular weight excluding hydrogens is 358 g/mol. The standard InChI is InChI=1S/C19H23ClNO3S/c1-19(2,3)18(22)24-17-10-14-12-21(23,9-8-16(14)25-17)11-13-6-4-5-7-15(13)20/h4-7,10,23H,8-9,11-12H2,1-3H3/q+1. The molecule has 1 aromatic heterocycles. The quantitative estimate of drug-likeness (QED) is 0.613. The molecule has 2 heterocycles. The number of rotatable bonds is 3. The Balaban J connectivity index is 1.75. The summed E-state index contributed by atoms with van der Waals surface area (Å²) in [6, 6.07) is 9.48. The van der Waals surface area contributed by atoms with Crippen molar-refractivity contribution < 1.29 is 19.4 Å². The van der Waals surface area contributed by atoms with Crippen LogP contribution in [0.25, 0.3) is 0 Å². The molecule has 1 aromatic carbocycles. The van der Waals surface area contributed by atoms with Gasteiger partial charge < -0.3 is 4.74 Å². The average Bonchev–Trinajstić information content (AvgIpc) is 2.89. The zero-order chi connectivity index (χ0) is 18.2. The van der Waals surface area contributed by atoms with Crippen LogP contribution < -0.4 is 4.74 Å². The Labute approximate surface area is 157 Å². The topological polar surface area (TPSA) is 46.5 Å². The van der Waals surface area contributed by atoms with E-state index in [2.05, 4.69) is 0 Å². The fraction of sp³-hybridized carbons (Fsp3) is 0.421. The van der Waals surface area contributed by atoms with E-state index in [1.165, 1.54) is 16.2 Å². The Kier molecular flexibility index (Phi) is 4.95. The second-order valence-electron chi connectivity index (χ2n) is 7.63. The van der Waals surface area contributed by atoms with E-state index >= 15 is 0 Å². The molecule has 25 heavy (non-hydrogen) atoms. The fourth-order valence-corrected chi connectivity index (χ4v) is 4.07. The number of fused-ring (bicyclic) bond motifs is 1. The molecule has 0 spiro atoms. The number of carbonyl (C=O) groups is 1. The molecule has 0 saturated carbocycles. The molecule has 0 saturated heterocycles. The minimum absolute atomic E-state index is 0.0832. The lowest BCUT2D eigenvalue weighted by molar-refractivity contribution is -1.12. The molecule has 1 unspecified atom stereocenters. The normalized spacial score (nSPS) is 20.2. The van der Waals surface area contributed by atoms with E-state index in [1.807, 2.05) is 51.1 Å². The van der Waals surface area contributed by atoms with Crippen LogP contribution in [0.15, 0.2) is 30.3 Å². The highest BCUT2D eigenvalue weighted by molar-refractivity contribution is 7.14. The van der Waals surface area contributed by atoms with E-state index in [0.717, 1.165) is 17.5 Å². The highest BCUT2D eigenvalue weighted by Gasteiger charge is 2.35. The van der Waals surface area contributed by atoms with E-state index in [4.69, 9.17) is 16.3 Å². The molecule has 1 aliphatic rings. The number of hydrogen-bond donors (Lipinski definition) is 1. The summed E-state index contributed by atoms with van der Waals surface area (Å²) < 4.78 is 5.42. The first kappa shape index (κ1) is 18.4. The molecule has 0 aliphatic carbocycles. The van der Waals surface area contributed by atoms with Crippen LogP contribution in [0, 0.1) is 5.41 Å². The van der Waals surface area contributed by atoms with Crippen molar-refractivity contribution in [2.45, 2.75) is 40.3 Å². The van der Waals surface area contributed by atoms with Crippen molar-refractivity contribution >= 4 is 28.9 Å². The molecule has 1 atom stereocenters. The summed E-state index contributed by atoms with van der Waals surface area (Å²) >= 11 is 7.73. The number of quaternary nitrogens is 1. The maximum atomic E-state index is 12.1. The smallest absolute Gasteiger partial charge is 0.317 e.